The zero-order valence-electron chi connectivity index (χ0n) is 12.6. The van der Waals surface area contributed by atoms with Crippen LogP contribution in [0.1, 0.15) is 43.6 Å². The van der Waals surface area contributed by atoms with Gasteiger partial charge in [-0.15, -0.1) is 0 Å². The first-order valence-corrected chi connectivity index (χ1v) is 9.03. The van der Waals surface area contributed by atoms with Gasteiger partial charge in [-0.1, -0.05) is 31.5 Å². The van der Waals surface area contributed by atoms with Gasteiger partial charge in [0.1, 0.15) is 12.2 Å². The minimum absolute atomic E-state index is 0.258. The van der Waals surface area contributed by atoms with Crippen molar-refractivity contribution in [1.82, 2.24) is 19.5 Å². The van der Waals surface area contributed by atoms with Gasteiger partial charge in [-0.3, -0.25) is 5.10 Å². The van der Waals surface area contributed by atoms with E-state index in [9.17, 15) is 8.42 Å². The number of H-pyrrole nitrogens is 1. The van der Waals surface area contributed by atoms with Crippen molar-refractivity contribution in [2.45, 2.75) is 43.5 Å². The largest absolute Gasteiger partial charge is 0.262 e. The predicted molar refractivity (Wildman–Crippen MR) is 82.7 cm³/mol. The van der Waals surface area contributed by atoms with Crippen molar-refractivity contribution in [3.05, 3.63) is 42.0 Å². The summed E-state index contributed by atoms with van der Waals surface area (Å²) in [5.41, 5.74) is 0.851. The summed E-state index contributed by atoms with van der Waals surface area (Å²) in [5, 5.41) is 6.68. The zero-order valence-corrected chi connectivity index (χ0v) is 13.4. The maximum atomic E-state index is 13.1. The monoisotopic (exact) mass is 320 g/mol. The molecular weight excluding hydrogens is 300 g/mol. The molecule has 0 bridgehead atoms. The van der Waals surface area contributed by atoms with Crippen LogP contribution in [-0.2, 0) is 16.4 Å². The third kappa shape index (κ3) is 2.66. The van der Waals surface area contributed by atoms with Crippen molar-refractivity contribution in [1.29, 1.82) is 0 Å². The van der Waals surface area contributed by atoms with E-state index in [1.165, 1.54) is 6.33 Å². The molecular formula is C15H20N4O2S. The summed E-state index contributed by atoms with van der Waals surface area (Å²) in [6.45, 7) is 2.49. The quantitative estimate of drug-likeness (QED) is 0.937. The Bertz CT molecular complexity index is 728. The molecule has 6 nitrogen and oxygen atoms in total. The first-order valence-electron chi connectivity index (χ1n) is 7.59. The number of rotatable bonds is 4. The van der Waals surface area contributed by atoms with Crippen LogP contribution in [0.15, 0.2) is 35.5 Å². The first-order chi connectivity index (χ1) is 10.6. The second-order valence-electron chi connectivity index (χ2n) is 5.46. The van der Waals surface area contributed by atoms with Gasteiger partial charge in [0.2, 0.25) is 10.0 Å². The van der Waals surface area contributed by atoms with Crippen molar-refractivity contribution in [2.24, 2.45) is 0 Å². The Labute approximate surface area is 130 Å². The normalized spacial score (nSPS) is 20.1. The molecule has 3 rings (SSSR count). The van der Waals surface area contributed by atoms with E-state index in [2.05, 4.69) is 15.2 Å². The molecule has 1 saturated heterocycles. The highest BCUT2D eigenvalue weighted by atomic mass is 32.2. The summed E-state index contributed by atoms with van der Waals surface area (Å²) < 4.78 is 27.8. The topological polar surface area (TPSA) is 79.0 Å². The highest BCUT2D eigenvalue weighted by Gasteiger charge is 2.36. The number of piperidine rings is 1. The van der Waals surface area contributed by atoms with Crippen LogP contribution in [0.25, 0.3) is 0 Å². The SMILES string of the molecule is CCc1ccccc1S(=O)(=O)N1CCCC[C@@H]1c1ncn[nH]1. The van der Waals surface area contributed by atoms with Gasteiger partial charge in [0, 0.05) is 6.54 Å². The standard InChI is InChI=1S/C15H20N4O2S/c1-2-12-7-3-4-9-14(12)22(20,21)19-10-6-5-8-13(19)15-16-11-17-18-15/h3-4,7,9,11,13H,2,5-6,8,10H2,1H3,(H,16,17,18)/t13-/m1/s1. The summed E-state index contributed by atoms with van der Waals surface area (Å²) in [7, 11) is -3.53. The Morgan fingerprint density at radius 3 is 2.86 bits per heavy atom. The number of sulfonamides is 1. The van der Waals surface area contributed by atoms with E-state index in [0.29, 0.717) is 23.7 Å². The number of benzene rings is 1. The predicted octanol–water partition coefficient (Wildman–Crippen LogP) is 2.28. The molecule has 1 N–H and O–H groups in total. The Balaban J connectivity index is 2.02. The van der Waals surface area contributed by atoms with Gasteiger partial charge >= 0.3 is 0 Å². The molecule has 0 saturated carbocycles. The van der Waals surface area contributed by atoms with E-state index in [1.807, 2.05) is 19.1 Å². The van der Waals surface area contributed by atoms with E-state index < -0.39 is 10.0 Å². The average Bonchev–Trinajstić information content (AvgIpc) is 3.09. The lowest BCUT2D eigenvalue weighted by molar-refractivity contribution is 0.247. The second kappa shape index (κ2) is 6.18. The van der Waals surface area contributed by atoms with Gasteiger partial charge in [-0.2, -0.15) is 9.40 Å². The molecule has 1 fully saturated rings. The van der Waals surface area contributed by atoms with E-state index in [4.69, 9.17) is 0 Å². The molecule has 1 aromatic carbocycles. The Hall–Kier alpha value is -1.73. The first kappa shape index (κ1) is 15.2. The van der Waals surface area contributed by atoms with Crippen molar-refractivity contribution >= 4 is 10.0 Å². The second-order valence-corrected chi connectivity index (χ2v) is 7.32. The number of aromatic nitrogens is 3. The highest BCUT2D eigenvalue weighted by molar-refractivity contribution is 7.89. The molecule has 0 radical (unpaired) electrons. The summed E-state index contributed by atoms with van der Waals surface area (Å²) in [4.78, 5) is 4.57. The number of hydrogen-bond acceptors (Lipinski definition) is 4. The number of hydrogen-bond donors (Lipinski definition) is 1. The van der Waals surface area contributed by atoms with Gasteiger partial charge < -0.3 is 0 Å². The van der Waals surface area contributed by atoms with Gasteiger partial charge in [0.25, 0.3) is 0 Å². The highest BCUT2D eigenvalue weighted by Crippen LogP contribution is 2.34. The van der Waals surface area contributed by atoms with Crippen molar-refractivity contribution in [2.75, 3.05) is 6.54 Å². The fourth-order valence-electron chi connectivity index (χ4n) is 3.02. The Morgan fingerprint density at radius 2 is 2.14 bits per heavy atom. The van der Waals surface area contributed by atoms with Gasteiger partial charge in [0.15, 0.2) is 0 Å². The van der Waals surface area contributed by atoms with Gasteiger partial charge in [-0.05, 0) is 30.9 Å². The van der Waals surface area contributed by atoms with Crippen LogP contribution in [0, 0.1) is 0 Å². The van der Waals surface area contributed by atoms with Crippen LogP contribution in [0.3, 0.4) is 0 Å². The number of nitrogens with one attached hydrogen (secondary N) is 1. The van der Waals surface area contributed by atoms with Crippen LogP contribution in [0.5, 0.6) is 0 Å². The molecule has 1 aliphatic heterocycles. The molecule has 0 spiro atoms. The maximum Gasteiger partial charge on any atom is 0.244 e. The minimum atomic E-state index is -3.53. The smallest absolute Gasteiger partial charge is 0.244 e. The number of nitrogens with zero attached hydrogens (tertiary/aromatic N) is 3. The van der Waals surface area contributed by atoms with Crippen LogP contribution in [0.2, 0.25) is 0 Å². The molecule has 7 heteroatoms. The van der Waals surface area contributed by atoms with E-state index in [-0.39, 0.29) is 6.04 Å². The van der Waals surface area contributed by atoms with Gasteiger partial charge in [-0.25, -0.2) is 13.4 Å². The third-order valence-corrected chi connectivity index (χ3v) is 6.15. The Kier molecular flexibility index (Phi) is 4.26. The average molecular weight is 320 g/mol. The summed E-state index contributed by atoms with van der Waals surface area (Å²) in [6, 6.07) is 6.97. The van der Waals surface area contributed by atoms with Gasteiger partial charge in [0.05, 0.1) is 10.9 Å². The number of aryl methyl sites for hydroxylation is 1. The molecule has 0 unspecified atom stereocenters. The van der Waals surface area contributed by atoms with Crippen LogP contribution >= 0.6 is 0 Å². The number of aromatic amines is 1. The lowest BCUT2D eigenvalue weighted by Crippen LogP contribution is -2.39. The summed E-state index contributed by atoms with van der Waals surface area (Å²) in [6.07, 6.45) is 4.75. The lowest BCUT2D eigenvalue weighted by atomic mass is 10.0. The lowest BCUT2D eigenvalue weighted by Gasteiger charge is -2.33. The fraction of sp³-hybridized carbons (Fsp3) is 0.467. The van der Waals surface area contributed by atoms with E-state index in [0.717, 1.165) is 24.8 Å². The Morgan fingerprint density at radius 1 is 1.32 bits per heavy atom. The zero-order chi connectivity index (χ0) is 15.6. The van der Waals surface area contributed by atoms with Crippen LogP contribution in [0.4, 0.5) is 0 Å². The molecule has 22 heavy (non-hydrogen) atoms. The maximum absolute atomic E-state index is 13.1. The molecule has 118 valence electrons. The van der Waals surface area contributed by atoms with Crippen molar-refractivity contribution < 1.29 is 8.42 Å². The molecule has 2 heterocycles. The van der Waals surface area contributed by atoms with Crippen molar-refractivity contribution in [3.8, 4) is 0 Å². The fourth-order valence-corrected chi connectivity index (χ4v) is 4.97. The molecule has 2 aromatic rings. The van der Waals surface area contributed by atoms with Crippen LogP contribution < -0.4 is 0 Å². The molecule has 1 atom stereocenters. The third-order valence-electron chi connectivity index (χ3n) is 4.14. The molecule has 1 aromatic heterocycles. The minimum Gasteiger partial charge on any atom is -0.262 e. The molecule has 1 aliphatic rings. The summed E-state index contributed by atoms with van der Waals surface area (Å²) >= 11 is 0. The molecule has 0 amide bonds. The summed E-state index contributed by atoms with van der Waals surface area (Å²) in [5.74, 6) is 0.622. The van der Waals surface area contributed by atoms with E-state index in [1.54, 1.807) is 16.4 Å². The molecule has 0 aliphatic carbocycles. The van der Waals surface area contributed by atoms with Crippen molar-refractivity contribution in [3.63, 3.8) is 0 Å². The van der Waals surface area contributed by atoms with Crippen LogP contribution in [-0.4, -0.2) is 34.4 Å². The van der Waals surface area contributed by atoms with E-state index >= 15 is 0 Å².